The summed E-state index contributed by atoms with van der Waals surface area (Å²) < 4.78 is 0. The third kappa shape index (κ3) is 6.30. The molecule has 0 aliphatic carbocycles. The normalized spacial score (nSPS) is 17.7. The lowest BCUT2D eigenvalue weighted by atomic mass is 10.1. The molecule has 0 bridgehead atoms. The first-order valence-corrected chi connectivity index (χ1v) is 12.0. The van der Waals surface area contributed by atoms with E-state index in [-0.39, 0.29) is 11.8 Å². The summed E-state index contributed by atoms with van der Waals surface area (Å²) >= 11 is 0. The number of nitrogens with zero attached hydrogens (tertiary/aromatic N) is 3. The number of likely N-dealkylation sites (N-methyl/N-ethyl adjacent to an activating group) is 1. The molecule has 6 heteroatoms. The smallest absolute Gasteiger partial charge is 0.244 e. The monoisotopic (exact) mass is 446 g/mol. The highest BCUT2D eigenvalue weighted by molar-refractivity contribution is 5.95. The Morgan fingerprint density at radius 3 is 2.30 bits per heavy atom. The maximum absolute atomic E-state index is 12.4. The zero-order valence-corrected chi connectivity index (χ0v) is 19.5. The quantitative estimate of drug-likeness (QED) is 0.633. The molecule has 2 aromatic rings. The van der Waals surface area contributed by atoms with E-state index in [1.807, 2.05) is 41.3 Å². The van der Waals surface area contributed by atoms with Gasteiger partial charge in [-0.05, 0) is 47.9 Å². The first-order valence-electron chi connectivity index (χ1n) is 12.0. The number of carbonyl (C=O) groups excluding carboxylic acids is 2. The molecule has 2 aliphatic rings. The van der Waals surface area contributed by atoms with Crippen molar-refractivity contribution in [1.29, 1.82) is 0 Å². The molecule has 0 radical (unpaired) electrons. The largest absolute Gasteiger partial charge is 0.348 e. The Morgan fingerprint density at radius 1 is 0.939 bits per heavy atom. The maximum atomic E-state index is 12.4. The van der Waals surface area contributed by atoms with Gasteiger partial charge in [0.05, 0.1) is 0 Å². The predicted octanol–water partition coefficient (Wildman–Crippen LogP) is 3.28. The van der Waals surface area contributed by atoms with Gasteiger partial charge in [-0.1, -0.05) is 43.3 Å². The second-order valence-corrected chi connectivity index (χ2v) is 8.77. The second-order valence-electron chi connectivity index (χ2n) is 8.77. The Balaban J connectivity index is 1.28. The fourth-order valence-corrected chi connectivity index (χ4v) is 4.49. The van der Waals surface area contributed by atoms with Crippen molar-refractivity contribution in [3.05, 3.63) is 71.3 Å². The summed E-state index contributed by atoms with van der Waals surface area (Å²) in [6, 6.07) is 16.1. The van der Waals surface area contributed by atoms with Crippen molar-refractivity contribution in [2.45, 2.75) is 32.9 Å². The van der Waals surface area contributed by atoms with Crippen molar-refractivity contribution in [3.8, 4) is 0 Å². The van der Waals surface area contributed by atoms with E-state index in [9.17, 15) is 9.59 Å². The molecule has 0 spiro atoms. The lowest BCUT2D eigenvalue weighted by molar-refractivity contribution is -0.117. The Bertz CT molecular complexity index is 978. The van der Waals surface area contributed by atoms with Crippen molar-refractivity contribution in [2.75, 3.05) is 44.2 Å². The van der Waals surface area contributed by atoms with Crippen LogP contribution in [-0.2, 0) is 22.7 Å². The van der Waals surface area contributed by atoms with Crippen LogP contribution in [-0.4, -0.2) is 60.9 Å². The van der Waals surface area contributed by atoms with Crippen molar-refractivity contribution >= 4 is 23.6 Å². The molecule has 174 valence electrons. The van der Waals surface area contributed by atoms with Crippen LogP contribution in [0.15, 0.2) is 54.6 Å². The molecule has 2 aromatic carbocycles. The molecule has 2 saturated heterocycles. The molecule has 0 saturated carbocycles. The Hall–Kier alpha value is -2.96. The van der Waals surface area contributed by atoms with Crippen molar-refractivity contribution in [3.63, 3.8) is 0 Å². The number of carbonyl (C=O) groups is 2. The van der Waals surface area contributed by atoms with Gasteiger partial charge in [-0.15, -0.1) is 0 Å². The van der Waals surface area contributed by atoms with E-state index in [4.69, 9.17) is 0 Å². The van der Waals surface area contributed by atoms with Crippen LogP contribution in [0.25, 0.3) is 6.08 Å². The zero-order chi connectivity index (χ0) is 23.0. The molecule has 2 heterocycles. The van der Waals surface area contributed by atoms with Crippen molar-refractivity contribution in [2.24, 2.45) is 0 Å². The zero-order valence-electron chi connectivity index (χ0n) is 19.5. The van der Waals surface area contributed by atoms with Crippen LogP contribution in [0, 0.1) is 0 Å². The van der Waals surface area contributed by atoms with Crippen LogP contribution in [0.1, 0.15) is 36.5 Å². The number of hydrogen-bond donors (Lipinski definition) is 1. The summed E-state index contributed by atoms with van der Waals surface area (Å²) in [7, 11) is 0. The van der Waals surface area contributed by atoms with Gasteiger partial charge in [-0.25, -0.2) is 0 Å². The van der Waals surface area contributed by atoms with Crippen molar-refractivity contribution in [1.82, 2.24) is 15.1 Å². The van der Waals surface area contributed by atoms with Gasteiger partial charge in [0.25, 0.3) is 0 Å². The Kier molecular flexibility index (Phi) is 7.92. The fourth-order valence-electron chi connectivity index (χ4n) is 4.49. The molecular weight excluding hydrogens is 412 g/mol. The number of piperazine rings is 1. The number of benzene rings is 2. The number of amides is 2. The van der Waals surface area contributed by atoms with Crippen LogP contribution < -0.4 is 10.2 Å². The summed E-state index contributed by atoms with van der Waals surface area (Å²) in [5.74, 6) is 0.0707. The third-order valence-corrected chi connectivity index (χ3v) is 6.58. The summed E-state index contributed by atoms with van der Waals surface area (Å²) in [6.07, 6.45) is 4.92. The van der Waals surface area contributed by atoms with Gasteiger partial charge in [0.1, 0.15) is 0 Å². The molecule has 2 aliphatic heterocycles. The second kappa shape index (κ2) is 11.3. The maximum Gasteiger partial charge on any atom is 0.244 e. The van der Waals surface area contributed by atoms with Gasteiger partial charge >= 0.3 is 0 Å². The van der Waals surface area contributed by atoms with Gasteiger partial charge in [0.2, 0.25) is 11.8 Å². The molecule has 0 aromatic heterocycles. The number of rotatable bonds is 8. The number of hydrogen-bond acceptors (Lipinski definition) is 4. The highest BCUT2D eigenvalue weighted by atomic mass is 16.2. The highest BCUT2D eigenvalue weighted by Crippen LogP contribution is 2.22. The SMILES string of the molecule is CCN1CCN(Cc2ccccc2CNC(=O)/C=C/c2ccc(N3CCCC3=O)cc2)CC1. The average Bonchev–Trinajstić information content (AvgIpc) is 3.29. The van der Waals surface area contributed by atoms with Gasteiger partial charge in [0.15, 0.2) is 0 Å². The molecule has 4 rings (SSSR count). The molecule has 2 fully saturated rings. The van der Waals surface area contributed by atoms with Gasteiger partial charge in [-0.2, -0.15) is 0 Å². The Labute approximate surface area is 196 Å². The number of nitrogens with one attached hydrogen (secondary N) is 1. The van der Waals surface area contributed by atoms with Gasteiger partial charge < -0.3 is 15.1 Å². The minimum atomic E-state index is -0.111. The topological polar surface area (TPSA) is 55.9 Å². The molecule has 33 heavy (non-hydrogen) atoms. The average molecular weight is 447 g/mol. The fraction of sp³-hybridized carbons (Fsp3) is 0.407. The lowest BCUT2D eigenvalue weighted by Crippen LogP contribution is -2.45. The van der Waals surface area contributed by atoms with Crippen LogP contribution >= 0.6 is 0 Å². The van der Waals surface area contributed by atoms with Gasteiger partial charge in [-0.3, -0.25) is 14.5 Å². The molecule has 0 atom stereocenters. The van der Waals surface area contributed by atoms with E-state index >= 15 is 0 Å². The first kappa shape index (κ1) is 23.2. The molecular formula is C27H34N4O2. The highest BCUT2D eigenvalue weighted by Gasteiger charge is 2.21. The first-order chi connectivity index (χ1) is 16.1. The molecule has 0 unspecified atom stereocenters. The molecule has 1 N–H and O–H groups in total. The van der Waals surface area contributed by atoms with E-state index in [0.29, 0.717) is 13.0 Å². The summed E-state index contributed by atoms with van der Waals surface area (Å²) in [5, 5.41) is 3.02. The molecule has 2 amide bonds. The van der Waals surface area contributed by atoms with E-state index in [1.54, 1.807) is 6.08 Å². The van der Waals surface area contributed by atoms with Crippen molar-refractivity contribution < 1.29 is 9.59 Å². The standard InChI is InChI=1S/C27H34N4O2/c1-2-29-16-18-30(19-17-29)21-24-7-4-3-6-23(24)20-28-26(32)14-11-22-9-12-25(13-10-22)31-15-5-8-27(31)33/h3-4,6-7,9-14H,2,5,8,15-21H2,1H3,(H,28,32)/b14-11+. The van der Waals surface area contributed by atoms with Crippen LogP contribution in [0.5, 0.6) is 0 Å². The van der Waals surface area contributed by atoms with E-state index in [0.717, 1.165) is 69.0 Å². The number of anilines is 1. The predicted molar refractivity (Wildman–Crippen MR) is 133 cm³/mol. The van der Waals surface area contributed by atoms with Crippen LogP contribution in [0.3, 0.4) is 0 Å². The van der Waals surface area contributed by atoms with E-state index in [2.05, 4.69) is 40.2 Å². The van der Waals surface area contributed by atoms with E-state index < -0.39 is 0 Å². The van der Waals surface area contributed by atoms with Gasteiger partial charge in [0, 0.05) is 64.0 Å². The Morgan fingerprint density at radius 2 is 1.64 bits per heavy atom. The molecule has 6 nitrogen and oxygen atoms in total. The minimum Gasteiger partial charge on any atom is -0.348 e. The van der Waals surface area contributed by atoms with E-state index in [1.165, 1.54) is 5.56 Å². The lowest BCUT2D eigenvalue weighted by Gasteiger charge is -2.34. The van der Waals surface area contributed by atoms with Crippen LogP contribution in [0.4, 0.5) is 5.69 Å². The summed E-state index contributed by atoms with van der Waals surface area (Å²) in [6.45, 7) is 9.97. The van der Waals surface area contributed by atoms with Crippen LogP contribution in [0.2, 0.25) is 0 Å². The third-order valence-electron chi connectivity index (χ3n) is 6.58. The summed E-state index contributed by atoms with van der Waals surface area (Å²) in [5.41, 5.74) is 4.30. The minimum absolute atomic E-state index is 0.111. The summed E-state index contributed by atoms with van der Waals surface area (Å²) in [4.78, 5) is 31.1.